The molecule has 0 fully saturated rings. The smallest absolute Gasteiger partial charge is 0.0543 e. The van der Waals surface area contributed by atoms with Gasteiger partial charge in [-0.25, -0.2) is 0 Å². The van der Waals surface area contributed by atoms with Crippen LogP contribution >= 0.6 is 0 Å². The lowest BCUT2D eigenvalue weighted by Crippen LogP contribution is -2.18. The zero-order valence-corrected chi connectivity index (χ0v) is 12.3. The third-order valence-corrected chi connectivity index (χ3v) is 3.18. The van der Waals surface area contributed by atoms with Gasteiger partial charge in [0.05, 0.1) is 5.69 Å². The van der Waals surface area contributed by atoms with Gasteiger partial charge in [0.1, 0.15) is 0 Å². The van der Waals surface area contributed by atoms with E-state index in [-0.39, 0.29) is 0 Å². The number of nitrogens with one attached hydrogen (secondary N) is 1. The first-order valence-electron chi connectivity index (χ1n) is 7.15. The third kappa shape index (κ3) is 4.76. The summed E-state index contributed by atoms with van der Waals surface area (Å²) in [5.74, 6) is 0. The number of pyridine rings is 1. The van der Waals surface area contributed by atoms with E-state index in [9.17, 15) is 0 Å². The lowest BCUT2D eigenvalue weighted by Gasteiger charge is -2.16. The number of benzene rings is 1. The second-order valence-corrected chi connectivity index (χ2v) is 5.09. The molecule has 20 heavy (non-hydrogen) atoms. The van der Waals surface area contributed by atoms with E-state index < -0.39 is 0 Å². The summed E-state index contributed by atoms with van der Waals surface area (Å²) in [5, 5.41) is 3.36. The molecule has 0 atom stereocenters. The maximum Gasteiger partial charge on any atom is 0.0543 e. The summed E-state index contributed by atoms with van der Waals surface area (Å²) in [6.45, 7) is 5.89. The fourth-order valence-corrected chi connectivity index (χ4v) is 2.24. The molecule has 0 saturated heterocycles. The van der Waals surface area contributed by atoms with Gasteiger partial charge in [0.15, 0.2) is 0 Å². The summed E-state index contributed by atoms with van der Waals surface area (Å²) >= 11 is 0. The number of nitrogens with zero attached hydrogens (tertiary/aromatic N) is 2. The first kappa shape index (κ1) is 14.7. The minimum Gasteiger partial charge on any atom is -0.313 e. The summed E-state index contributed by atoms with van der Waals surface area (Å²) < 4.78 is 0. The fourth-order valence-electron chi connectivity index (χ4n) is 2.24. The van der Waals surface area contributed by atoms with Crippen molar-refractivity contribution in [2.75, 3.05) is 13.6 Å². The predicted molar refractivity (Wildman–Crippen MR) is 83.2 cm³/mol. The van der Waals surface area contributed by atoms with Crippen LogP contribution in [0.3, 0.4) is 0 Å². The summed E-state index contributed by atoms with van der Waals surface area (Å²) in [6, 6.07) is 14.8. The lowest BCUT2D eigenvalue weighted by atomic mass is 10.1. The number of aromatic nitrogens is 1. The largest absolute Gasteiger partial charge is 0.313 e. The van der Waals surface area contributed by atoms with Gasteiger partial charge < -0.3 is 5.32 Å². The van der Waals surface area contributed by atoms with E-state index in [1.54, 1.807) is 0 Å². The van der Waals surface area contributed by atoms with Crippen LogP contribution in [0.15, 0.2) is 48.7 Å². The van der Waals surface area contributed by atoms with Crippen molar-refractivity contribution in [2.24, 2.45) is 0 Å². The van der Waals surface area contributed by atoms with Crippen molar-refractivity contribution in [1.82, 2.24) is 15.2 Å². The number of hydrogen-bond donors (Lipinski definition) is 1. The molecule has 0 spiro atoms. The molecule has 0 aliphatic carbocycles. The molecule has 0 aliphatic heterocycles. The zero-order valence-electron chi connectivity index (χ0n) is 12.3. The van der Waals surface area contributed by atoms with Crippen molar-refractivity contribution in [3.8, 4) is 0 Å². The molecule has 0 unspecified atom stereocenters. The molecule has 2 aromatic rings. The van der Waals surface area contributed by atoms with Crippen molar-refractivity contribution in [1.29, 1.82) is 0 Å². The van der Waals surface area contributed by atoms with E-state index in [1.807, 2.05) is 18.3 Å². The summed E-state index contributed by atoms with van der Waals surface area (Å²) in [6.07, 6.45) is 1.85. The Hall–Kier alpha value is -1.71. The third-order valence-electron chi connectivity index (χ3n) is 3.18. The van der Waals surface area contributed by atoms with Gasteiger partial charge in [-0.15, -0.1) is 0 Å². The van der Waals surface area contributed by atoms with Gasteiger partial charge in [-0.3, -0.25) is 9.88 Å². The van der Waals surface area contributed by atoms with Gasteiger partial charge in [-0.05, 0) is 36.9 Å². The molecule has 3 heteroatoms. The van der Waals surface area contributed by atoms with Crippen molar-refractivity contribution in [2.45, 2.75) is 26.6 Å². The second kappa shape index (κ2) is 7.78. The molecular weight excluding hydrogens is 246 g/mol. The SMILES string of the molecule is CCNCc1cccc(CN(C)Cc2ccccn2)c1. The van der Waals surface area contributed by atoms with Gasteiger partial charge in [-0.2, -0.15) is 0 Å². The lowest BCUT2D eigenvalue weighted by molar-refractivity contribution is 0.315. The van der Waals surface area contributed by atoms with Gasteiger partial charge in [-0.1, -0.05) is 37.3 Å². The molecule has 0 radical (unpaired) electrons. The van der Waals surface area contributed by atoms with Crippen LogP contribution in [0.5, 0.6) is 0 Å². The summed E-state index contributed by atoms with van der Waals surface area (Å²) in [4.78, 5) is 6.65. The highest BCUT2D eigenvalue weighted by molar-refractivity contribution is 5.23. The molecule has 0 bridgehead atoms. The van der Waals surface area contributed by atoms with Crippen molar-refractivity contribution < 1.29 is 0 Å². The standard InChI is InChI=1S/C17H23N3/c1-3-18-12-15-7-6-8-16(11-15)13-20(2)14-17-9-4-5-10-19-17/h4-11,18H,3,12-14H2,1-2H3. The Morgan fingerprint density at radius 1 is 1.05 bits per heavy atom. The van der Waals surface area contributed by atoms with Crippen LogP contribution in [0.1, 0.15) is 23.7 Å². The Morgan fingerprint density at radius 2 is 1.90 bits per heavy atom. The number of rotatable bonds is 7. The molecular formula is C17H23N3. The monoisotopic (exact) mass is 269 g/mol. The molecule has 0 amide bonds. The highest BCUT2D eigenvalue weighted by Gasteiger charge is 2.03. The van der Waals surface area contributed by atoms with E-state index in [0.717, 1.165) is 31.9 Å². The highest BCUT2D eigenvalue weighted by Crippen LogP contribution is 2.09. The minimum absolute atomic E-state index is 0.873. The minimum atomic E-state index is 0.873. The molecule has 0 aliphatic rings. The van der Waals surface area contributed by atoms with Gasteiger partial charge in [0.2, 0.25) is 0 Å². The van der Waals surface area contributed by atoms with Crippen LogP contribution in [-0.2, 0) is 19.6 Å². The van der Waals surface area contributed by atoms with Crippen molar-refractivity contribution >= 4 is 0 Å². The van der Waals surface area contributed by atoms with Crippen LogP contribution in [0.2, 0.25) is 0 Å². The van der Waals surface area contributed by atoms with Gasteiger partial charge >= 0.3 is 0 Å². The Kier molecular flexibility index (Phi) is 5.71. The normalized spacial score (nSPS) is 10.9. The topological polar surface area (TPSA) is 28.2 Å². The summed E-state index contributed by atoms with van der Waals surface area (Å²) in [5.41, 5.74) is 3.80. The van der Waals surface area contributed by atoms with E-state index in [4.69, 9.17) is 0 Å². The van der Waals surface area contributed by atoms with Crippen LogP contribution in [-0.4, -0.2) is 23.5 Å². The van der Waals surface area contributed by atoms with Gasteiger partial charge in [0.25, 0.3) is 0 Å². The fraction of sp³-hybridized carbons (Fsp3) is 0.353. The molecule has 2 rings (SSSR count). The Bertz CT molecular complexity index is 511. The van der Waals surface area contributed by atoms with E-state index in [0.29, 0.717) is 0 Å². The molecule has 0 saturated carbocycles. The first-order valence-corrected chi connectivity index (χ1v) is 7.15. The summed E-state index contributed by atoms with van der Waals surface area (Å²) in [7, 11) is 2.13. The van der Waals surface area contributed by atoms with Crippen molar-refractivity contribution in [3.63, 3.8) is 0 Å². The van der Waals surface area contributed by atoms with E-state index in [1.165, 1.54) is 11.1 Å². The van der Waals surface area contributed by atoms with E-state index in [2.05, 4.69) is 59.5 Å². The number of hydrogen-bond acceptors (Lipinski definition) is 3. The van der Waals surface area contributed by atoms with E-state index >= 15 is 0 Å². The first-order chi connectivity index (χ1) is 9.78. The molecule has 1 aromatic heterocycles. The molecule has 1 heterocycles. The molecule has 3 nitrogen and oxygen atoms in total. The van der Waals surface area contributed by atoms with Crippen LogP contribution in [0, 0.1) is 0 Å². The maximum atomic E-state index is 4.37. The van der Waals surface area contributed by atoms with Crippen LogP contribution in [0.25, 0.3) is 0 Å². The quantitative estimate of drug-likeness (QED) is 0.838. The predicted octanol–water partition coefficient (Wildman–Crippen LogP) is 2.82. The average Bonchev–Trinajstić information content (AvgIpc) is 2.46. The Labute approximate surface area is 121 Å². The highest BCUT2D eigenvalue weighted by atomic mass is 15.1. The molecule has 1 aromatic carbocycles. The second-order valence-electron chi connectivity index (χ2n) is 5.09. The van der Waals surface area contributed by atoms with Crippen molar-refractivity contribution in [3.05, 3.63) is 65.5 Å². The Morgan fingerprint density at radius 3 is 2.65 bits per heavy atom. The molecule has 1 N–H and O–H groups in total. The van der Waals surface area contributed by atoms with Gasteiger partial charge in [0, 0.05) is 25.8 Å². The average molecular weight is 269 g/mol. The Balaban J connectivity index is 1.92. The van der Waals surface area contributed by atoms with Crippen LogP contribution in [0.4, 0.5) is 0 Å². The zero-order chi connectivity index (χ0) is 14.2. The molecule has 106 valence electrons. The van der Waals surface area contributed by atoms with Crippen LogP contribution < -0.4 is 5.32 Å². The maximum absolute atomic E-state index is 4.37.